The number of rotatable bonds is 1. The first-order valence-electron chi connectivity index (χ1n) is 5.24. The standard InChI is InChI=1S/C11H16ClN3/c1-15-7-9(13)2-3-11(15)10-6-8(12)4-5-14-10/h4-6,9,11H,2-3,7,13H2,1H3. The predicted octanol–water partition coefficient (Wildman–Crippen LogP) is 1.83. The second kappa shape index (κ2) is 4.47. The topological polar surface area (TPSA) is 42.1 Å². The number of hydrogen-bond acceptors (Lipinski definition) is 3. The van der Waals surface area contributed by atoms with Crippen LogP contribution in [0.5, 0.6) is 0 Å². The molecule has 2 N–H and O–H groups in total. The summed E-state index contributed by atoms with van der Waals surface area (Å²) < 4.78 is 0. The third-order valence-corrected chi connectivity index (χ3v) is 3.19. The Bertz CT molecular complexity index is 342. The number of piperidine rings is 1. The molecule has 1 aliphatic rings. The molecule has 1 aliphatic heterocycles. The van der Waals surface area contributed by atoms with E-state index in [2.05, 4.69) is 16.9 Å². The van der Waals surface area contributed by atoms with Gasteiger partial charge in [-0.15, -0.1) is 0 Å². The number of hydrogen-bond donors (Lipinski definition) is 1. The molecule has 3 nitrogen and oxygen atoms in total. The van der Waals surface area contributed by atoms with Crippen molar-refractivity contribution in [2.24, 2.45) is 5.73 Å². The fourth-order valence-electron chi connectivity index (χ4n) is 2.16. The van der Waals surface area contributed by atoms with Crippen LogP contribution >= 0.6 is 11.6 Å². The lowest BCUT2D eigenvalue weighted by atomic mass is 9.97. The number of pyridine rings is 1. The van der Waals surface area contributed by atoms with Crippen LogP contribution in [0, 0.1) is 0 Å². The van der Waals surface area contributed by atoms with E-state index in [1.54, 1.807) is 12.3 Å². The molecule has 2 rings (SSSR count). The van der Waals surface area contributed by atoms with Crippen molar-refractivity contribution in [1.29, 1.82) is 0 Å². The number of halogens is 1. The first-order valence-corrected chi connectivity index (χ1v) is 5.62. The summed E-state index contributed by atoms with van der Waals surface area (Å²) in [4.78, 5) is 6.63. The molecule has 0 aliphatic carbocycles. The van der Waals surface area contributed by atoms with Crippen molar-refractivity contribution < 1.29 is 0 Å². The third kappa shape index (κ3) is 2.48. The second-order valence-electron chi connectivity index (χ2n) is 4.19. The fourth-order valence-corrected chi connectivity index (χ4v) is 2.33. The zero-order valence-electron chi connectivity index (χ0n) is 8.86. The molecule has 1 saturated heterocycles. The zero-order chi connectivity index (χ0) is 10.8. The highest BCUT2D eigenvalue weighted by atomic mass is 35.5. The molecular formula is C11H16ClN3. The largest absolute Gasteiger partial charge is 0.327 e. The minimum Gasteiger partial charge on any atom is -0.327 e. The van der Waals surface area contributed by atoms with E-state index in [4.69, 9.17) is 17.3 Å². The van der Waals surface area contributed by atoms with E-state index in [0.717, 1.165) is 30.1 Å². The summed E-state index contributed by atoms with van der Waals surface area (Å²) in [5.74, 6) is 0. The smallest absolute Gasteiger partial charge is 0.0590 e. The molecule has 1 fully saturated rings. The van der Waals surface area contributed by atoms with Crippen molar-refractivity contribution in [2.75, 3.05) is 13.6 Å². The summed E-state index contributed by atoms with van der Waals surface area (Å²) in [6, 6.07) is 4.41. The van der Waals surface area contributed by atoms with Crippen molar-refractivity contribution in [3.05, 3.63) is 29.0 Å². The first kappa shape index (κ1) is 10.9. The molecular weight excluding hydrogens is 210 g/mol. The minimum absolute atomic E-state index is 0.297. The van der Waals surface area contributed by atoms with Crippen LogP contribution in [0.3, 0.4) is 0 Å². The van der Waals surface area contributed by atoms with Crippen molar-refractivity contribution in [2.45, 2.75) is 24.9 Å². The van der Waals surface area contributed by atoms with Crippen molar-refractivity contribution in [3.8, 4) is 0 Å². The summed E-state index contributed by atoms with van der Waals surface area (Å²) in [5.41, 5.74) is 6.96. The van der Waals surface area contributed by atoms with Gasteiger partial charge in [-0.1, -0.05) is 11.6 Å². The molecule has 0 amide bonds. The molecule has 4 heteroatoms. The highest BCUT2D eigenvalue weighted by molar-refractivity contribution is 6.30. The van der Waals surface area contributed by atoms with Gasteiger partial charge in [-0.3, -0.25) is 9.88 Å². The Balaban J connectivity index is 2.17. The highest BCUT2D eigenvalue weighted by Gasteiger charge is 2.25. The number of likely N-dealkylation sites (N-methyl/N-ethyl adjacent to an activating group) is 1. The summed E-state index contributed by atoms with van der Waals surface area (Å²) in [6.45, 7) is 0.929. The van der Waals surface area contributed by atoms with Gasteiger partial charge in [0.2, 0.25) is 0 Å². The Morgan fingerprint density at radius 3 is 3.00 bits per heavy atom. The molecule has 1 aromatic rings. The molecule has 0 saturated carbocycles. The summed E-state index contributed by atoms with van der Waals surface area (Å²) in [7, 11) is 2.09. The van der Waals surface area contributed by atoms with Crippen molar-refractivity contribution in [1.82, 2.24) is 9.88 Å². The quantitative estimate of drug-likeness (QED) is 0.793. The Morgan fingerprint density at radius 2 is 2.33 bits per heavy atom. The predicted molar refractivity (Wildman–Crippen MR) is 61.8 cm³/mol. The molecule has 1 aromatic heterocycles. The van der Waals surface area contributed by atoms with Gasteiger partial charge in [0, 0.05) is 23.8 Å². The van der Waals surface area contributed by atoms with Crippen LogP contribution in [0.2, 0.25) is 5.02 Å². The number of likely N-dealkylation sites (tertiary alicyclic amines) is 1. The Hall–Kier alpha value is -0.640. The van der Waals surface area contributed by atoms with E-state index >= 15 is 0 Å². The van der Waals surface area contributed by atoms with Gasteiger partial charge in [0.15, 0.2) is 0 Å². The van der Waals surface area contributed by atoms with Crippen LogP contribution in [0.25, 0.3) is 0 Å². The van der Waals surface area contributed by atoms with Gasteiger partial charge in [-0.05, 0) is 32.0 Å². The average molecular weight is 226 g/mol. The summed E-state index contributed by atoms with van der Waals surface area (Å²) >= 11 is 5.96. The molecule has 2 unspecified atom stereocenters. The lowest BCUT2D eigenvalue weighted by Gasteiger charge is -2.35. The van der Waals surface area contributed by atoms with E-state index in [1.165, 1.54) is 0 Å². The molecule has 15 heavy (non-hydrogen) atoms. The third-order valence-electron chi connectivity index (χ3n) is 2.95. The van der Waals surface area contributed by atoms with Crippen LogP contribution in [0.4, 0.5) is 0 Å². The number of aromatic nitrogens is 1. The van der Waals surface area contributed by atoms with E-state index in [-0.39, 0.29) is 0 Å². The SMILES string of the molecule is CN1CC(N)CCC1c1cc(Cl)ccn1. The molecule has 2 heterocycles. The highest BCUT2D eigenvalue weighted by Crippen LogP contribution is 2.28. The number of nitrogens with two attached hydrogens (primary N) is 1. The van der Waals surface area contributed by atoms with E-state index in [9.17, 15) is 0 Å². The number of nitrogens with zero attached hydrogens (tertiary/aromatic N) is 2. The van der Waals surface area contributed by atoms with E-state index in [1.807, 2.05) is 6.07 Å². The van der Waals surface area contributed by atoms with E-state index in [0.29, 0.717) is 12.1 Å². The fraction of sp³-hybridized carbons (Fsp3) is 0.545. The normalized spacial score (nSPS) is 27.9. The molecule has 0 bridgehead atoms. The van der Waals surface area contributed by atoms with Gasteiger partial charge < -0.3 is 5.73 Å². The maximum absolute atomic E-state index is 5.96. The Labute approximate surface area is 95.2 Å². The first-order chi connectivity index (χ1) is 7.16. The van der Waals surface area contributed by atoms with Gasteiger partial charge >= 0.3 is 0 Å². The van der Waals surface area contributed by atoms with Gasteiger partial charge in [-0.2, -0.15) is 0 Å². The molecule has 0 radical (unpaired) electrons. The van der Waals surface area contributed by atoms with Crippen molar-refractivity contribution >= 4 is 11.6 Å². The molecule has 2 atom stereocenters. The maximum Gasteiger partial charge on any atom is 0.0590 e. The zero-order valence-corrected chi connectivity index (χ0v) is 9.61. The maximum atomic E-state index is 5.96. The average Bonchev–Trinajstić information content (AvgIpc) is 2.17. The second-order valence-corrected chi connectivity index (χ2v) is 4.63. The lowest BCUT2D eigenvalue weighted by molar-refractivity contribution is 0.166. The Kier molecular flexibility index (Phi) is 3.24. The molecule has 82 valence electrons. The minimum atomic E-state index is 0.297. The molecule has 0 aromatic carbocycles. The summed E-state index contributed by atoms with van der Waals surface area (Å²) in [5, 5.41) is 0.753. The monoisotopic (exact) mass is 225 g/mol. The van der Waals surface area contributed by atoms with Crippen molar-refractivity contribution in [3.63, 3.8) is 0 Å². The Morgan fingerprint density at radius 1 is 1.53 bits per heavy atom. The van der Waals surface area contributed by atoms with Crippen LogP contribution in [-0.4, -0.2) is 29.5 Å². The van der Waals surface area contributed by atoms with Crippen LogP contribution in [0.1, 0.15) is 24.6 Å². The summed E-state index contributed by atoms with van der Waals surface area (Å²) in [6.07, 6.45) is 3.88. The van der Waals surface area contributed by atoms with Crippen LogP contribution in [-0.2, 0) is 0 Å². The lowest BCUT2D eigenvalue weighted by Crippen LogP contribution is -2.42. The van der Waals surface area contributed by atoms with Gasteiger partial charge in [-0.25, -0.2) is 0 Å². The van der Waals surface area contributed by atoms with Gasteiger partial charge in [0.25, 0.3) is 0 Å². The van der Waals surface area contributed by atoms with E-state index < -0.39 is 0 Å². The van der Waals surface area contributed by atoms with Gasteiger partial charge in [0.05, 0.1) is 11.7 Å². The van der Waals surface area contributed by atoms with Gasteiger partial charge in [0.1, 0.15) is 0 Å². The van der Waals surface area contributed by atoms with Crippen LogP contribution in [0.15, 0.2) is 18.3 Å². The molecule has 0 spiro atoms. The van der Waals surface area contributed by atoms with Crippen LogP contribution < -0.4 is 5.73 Å².